The van der Waals surface area contributed by atoms with Crippen molar-refractivity contribution in [3.05, 3.63) is 75.8 Å². The number of amides is 1. The second-order valence-corrected chi connectivity index (χ2v) is 14.8. The molecule has 10 nitrogen and oxygen atoms in total. The highest BCUT2D eigenvalue weighted by Crippen LogP contribution is 2.44. The van der Waals surface area contributed by atoms with E-state index in [1.807, 2.05) is 9.80 Å². The molecule has 0 aromatic heterocycles. The number of fused-ring (bicyclic) bond motifs is 3. The number of rotatable bonds is 5. The minimum Gasteiger partial charge on any atom is -0.478 e. The number of halogens is 3. The number of carbonyl (C=O) groups excluding carboxylic acids is 1. The van der Waals surface area contributed by atoms with Crippen molar-refractivity contribution in [1.82, 2.24) is 4.90 Å². The third kappa shape index (κ3) is 5.58. The van der Waals surface area contributed by atoms with Gasteiger partial charge < -0.3 is 38.8 Å². The van der Waals surface area contributed by atoms with Crippen LogP contribution in [0.25, 0.3) is 11.1 Å². The highest BCUT2D eigenvalue weighted by atomic mass is 35.5. The number of hydrogen-bond acceptors (Lipinski definition) is 8. The average molecular weight is 696 g/mol. The molecule has 4 saturated heterocycles. The molecular weight excluding hydrogens is 660 g/mol. The number of nitrogens with zero attached hydrogens (tertiary/aromatic N) is 3. The molecular formula is C36H36ClF2N3O7. The smallest absolute Gasteiger partial charge is 0.337 e. The first-order valence-electron chi connectivity index (χ1n) is 16.4. The monoisotopic (exact) mass is 695 g/mol. The van der Waals surface area contributed by atoms with Crippen LogP contribution in [-0.4, -0.2) is 86.0 Å². The number of carboxylic acids is 1. The molecule has 1 amide bonds. The number of aromatic carboxylic acids is 1. The van der Waals surface area contributed by atoms with Crippen molar-refractivity contribution in [3.8, 4) is 16.9 Å². The number of carboxylic acid groups (broad SMARTS) is 1. The van der Waals surface area contributed by atoms with Crippen LogP contribution in [0.5, 0.6) is 5.75 Å². The van der Waals surface area contributed by atoms with Crippen LogP contribution in [0.3, 0.4) is 0 Å². The summed E-state index contributed by atoms with van der Waals surface area (Å²) in [4.78, 5) is 31.1. The summed E-state index contributed by atoms with van der Waals surface area (Å²) in [6.07, 6.45) is 1.72. The highest BCUT2D eigenvalue weighted by Gasteiger charge is 2.50. The van der Waals surface area contributed by atoms with E-state index in [-0.39, 0.29) is 52.5 Å². The molecule has 5 aliphatic rings. The summed E-state index contributed by atoms with van der Waals surface area (Å²) >= 11 is 6.54. The van der Waals surface area contributed by atoms with Crippen molar-refractivity contribution in [1.29, 1.82) is 0 Å². The Morgan fingerprint density at radius 1 is 0.959 bits per heavy atom. The molecule has 13 heteroatoms. The van der Waals surface area contributed by atoms with Gasteiger partial charge in [0.15, 0.2) is 6.73 Å². The van der Waals surface area contributed by atoms with Crippen LogP contribution in [0.2, 0.25) is 5.02 Å². The topological polar surface area (TPSA) is 101 Å². The molecule has 5 heterocycles. The van der Waals surface area contributed by atoms with E-state index in [1.165, 1.54) is 11.0 Å². The molecule has 3 aromatic rings. The lowest BCUT2D eigenvalue weighted by molar-refractivity contribution is -0.307. The minimum atomic E-state index is -1.21. The molecule has 2 bridgehead atoms. The summed E-state index contributed by atoms with van der Waals surface area (Å²) in [7, 11) is 0. The third-order valence-electron chi connectivity index (χ3n) is 10.2. The van der Waals surface area contributed by atoms with Gasteiger partial charge in [0.1, 0.15) is 17.4 Å². The number of benzene rings is 3. The van der Waals surface area contributed by atoms with Crippen molar-refractivity contribution in [2.45, 2.75) is 51.1 Å². The summed E-state index contributed by atoms with van der Waals surface area (Å²) in [5.41, 5.74) is 1.71. The normalized spacial score (nSPS) is 23.6. The molecule has 4 fully saturated rings. The van der Waals surface area contributed by atoms with Gasteiger partial charge in [-0.25, -0.2) is 13.6 Å². The van der Waals surface area contributed by atoms with Gasteiger partial charge in [-0.2, -0.15) is 0 Å². The van der Waals surface area contributed by atoms with Gasteiger partial charge in [-0.1, -0.05) is 43.6 Å². The Morgan fingerprint density at radius 2 is 1.67 bits per heavy atom. The van der Waals surface area contributed by atoms with Gasteiger partial charge >= 0.3 is 5.97 Å². The third-order valence-corrected chi connectivity index (χ3v) is 10.5. The van der Waals surface area contributed by atoms with Crippen LogP contribution in [0.4, 0.5) is 20.2 Å². The Labute approximate surface area is 287 Å². The quantitative estimate of drug-likeness (QED) is 0.348. The molecule has 0 saturated carbocycles. The van der Waals surface area contributed by atoms with Crippen LogP contribution in [-0.2, 0) is 20.8 Å². The van der Waals surface area contributed by atoms with Gasteiger partial charge in [0.2, 0.25) is 5.79 Å². The second kappa shape index (κ2) is 11.8. The Morgan fingerprint density at radius 3 is 2.35 bits per heavy atom. The molecule has 49 heavy (non-hydrogen) atoms. The van der Waals surface area contributed by atoms with Crippen molar-refractivity contribution >= 4 is 34.9 Å². The maximum atomic E-state index is 15.7. The van der Waals surface area contributed by atoms with Crippen LogP contribution in [0.1, 0.15) is 53.0 Å². The van der Waals surface area contributed by atoms with Crippen molar-refractivity contribution in [2.24, 2.45) is 5.41 Å². The molecule has 0 aliphatic carbocycles. The number of hydrogen-bond donors (Lipinski definition) is 1. The fourth-order valence-corrected chi connectivity index (χ4v) is 7.82. The SMILES string of the molecule is CC1(C)COC2(CN(c3cc(F)c(C(=O)N4COc5c(cccc5-c5cc(N6C7CCC6COC7)c(C(=O)O)cc5F)C4)c(Cl)c3)C2)OC1. The van der Waals surface area contributed by atoms with Gasteiger partial charge in [-0.3, -0.25) is 4.79 Å². The molecule has 5 aliphatic heterocycles. The van der Waals surface area contributed by atoms with E-state index in [4.69, 9.17) is 30.5 Å². The largest absolute Gasteiger partial charge is 0.478 e. The maximum absolute atomic E-state index is 15.7. The fourth-order valence-electron chi connectivity index (χ4n) is 7.53. The summed E-state index contributed by atoms with van der Waals surface area (Å²) in [6, 6.07) is 10.7. The number of para-hydroxylation sites is 1. The number of ether oxygens (including phenoxy) is 4. The fraction of sp³-hybridized carbons (Fsp3) is 0.444. The van der Waals surface area contributed by atoms with Crippen molar-refractivity contribution in [2.75, 3.05) is 56.0 Å². The summed E-state index contributed by atoms with van der Waals surface area (Å²) in [6.45, 7) is 6.89. The van der Waals surface area contributed by atoms with Crippen molar-refractivity contribution in [3.63, 3.8) is 0 Å². The summed E-state index contributed by atoms with van der Waals surface area (Å²) in [5, 5.41) is 9.94. The van der Waals surface area contributed by atoms with E-state index < -0.39 is 29.3 Å². The Balaban J connectivity index is 1.03. The lowest BCUT2D eigenvalue weighted by atomic mass is 9.93. The van der Waals surface area contributed by atoms with Crippen LogP contribution in [0, 0.1) is 17.0 Å². The molecule has 1 spiro atoms. The molecule has 0 radical (unpaired) electrons. The summed E-state index contributed by atoms with van der Waals surface area (Å²) < 4.78 is 55.0. The van der Waals surface area contributed by atoms with E-state index in [2.05, 4.69) is 13.8 Å². The van der Waals surface area contributed by atoms with Gasteiger partial charge in [0.25, 0.3) is 5.91 Å². The van der Waals surface area contributed by atoms with Gasteiger partial charge in [0, 0.05) is 27.8 Å². The predicted octanol–water partition coefficient (Wildman–Crippen LogP) is 5.93. The zero-order chi connectivity index (χ0) is 34.2. The molecule has 3 aromatic carbocycles. The van der Waals surface area contributed by atoms with E-state index >= 15 is 8.78 Å². The lowest BCUT2D eigenvalue weighted by Gasteiger charge is -2.54. The zero-order valence-electron chi connectivity index (χ0n) is 27.1. The van der Waals surface area contributed by atoms with Gasteiger partial charge in [-0.15, -0.1) is 0 Å². The average Bonchev–Trinajstić information content (AvgIpc) is 3.29. The molecule has 258 valence electrons. The van der Waals surface area contributed by atoms with Crippen LogP contribution >= 0.6 is 11.6 Å². The molecule has 2 unspecified atom stereocenters. The van der Waals surface area contributed by atoms with Crippen molar-refractivity contribution < 1.29 is 42.4 Å². The minimum absolute atomic E-state index is 0.00654. The van der Waals surface area contributed by atoms with Crippen LogP contribution < -0.4 is 14.5 Å². The Hall–Kier alpha value is -3.97. The lowest BCUT2D eigenvalue weighted by Crippen LogP contribution is -2.68. The van der Waals surface area contributed by atoms with Gasteiger partial charge in [-0.05, 0) is 37.1 Å². The maximum Gasteiger partial charge on any atom is 0.337 e. The Kier molecular flexibility index (Phi) is 7.78. The van der Waals surface area contributed by atoms with E-state index in [1.54, 1.807) is 30.3 Å². The van der Waals surface area contributed by atoms with Crippen LogP contribution in [0.15, 0.2) is 42.5 Å². The first kappa shape index (κ1) is 32.2. The molecule has 2 atom stereocenters. The van der Waals surface area contributed by atoms with E-state index in [0.29, 0.717) is 67.8 Å². The first-order chi connectivity index (χ1) is 23.4. The Bertz CT molecular complexity index is 1820. The van der Waals surface area contributed by atoms with Gasteiger partial charge in [0.05, 0.1) is 80.0 Å². The first-order valence-corrected chi connectivity index (χ1v) is 16.8. The standard InChI is InChI=1S/C36H36ClF2N3O7/c1-35(2)17-48-36(49-18-35)15-41(16-36)23-8-27(37)31(29(39)9-23)33(43)40-12-20-4-3-5-24(32(20)47-19-40)25-11-30(26(34(44)45)10-28(25)38)42-21-6-7-22(42)14-46-13-21/h3-5,8-11,21-22H,6-7,12-19H2,1-2H3,(H,44,45). The van der Waals surface area contributed by atoms with E-state index in [0.717, 1.165) is 18.9 Å². The number of carbonyl (C=O) groups is 2. The zero-order valence-corrected chi connectivity index (χ0v) is 27.9. The summed E-state index contributed by atoms with van der Waals surface area (Å²) in [5.74, 6) is -3.68. The molecule has 1 N–H and O–H groups in total. The number of morpholine rings is 1. The molecule has 8 rings (SSSR count). The highest BCUT2D eigenvalue weighted by molar-refractivity contribution is 6.34. The predicted molar refractivity (Wildman–Crippen MR) is 176 cm³/mol. The number of anilines is 2. The second-order valence-electron chi connectivity index (χ2n) is 14.3. The van der Waals surface area contributed by atoms with E-state index in [9.17, 15) is 14.7 Å².